The molecule has 1 unspecified atom stereocenters. The average Bonchev–Trinajstić information content (AvgIpc) is 2.76. The van der Waals surface area contributed by atoms with E-state index in [1.165, 1.54) is 11.1 Å². The van der Waals surface area contributed by atoms with E-state index in [1.807, 2.05) is 17.0 Å². The van der Waals surface area contributed by atoms with Gasteiger partial charge in [-0.3, -0.25) is 9.69 Å². The monoisotopic (exact) mass is 279 g/mol. The van der Waals surface area contributed by atoms with E-state index in [0.29, 0.717) is 19.7 Å². The van der Waals surface area contributed by atoms with E-state index in [2.05, 4.69) is 13.0 Å². The highest BCUT2D eigenvalue weighted by molar-refractivity contribution is 5.69. The molecule has 0 amide bonds. The Morgan fingerprint density at radius 3 is 3.05 bits per heavy atom. The van der Waals surface area contributed by atoms with Crippen molar-refractivity contribution in [3.8, 4) is 5.75 Å². The molecule has 0 aromatic heterocycles. The first kappa shape index (κ1) is 14.8. The largest absolute Gasteiger partial charge is 0.488 e. The number of aliphatic carboxylic acids is 1. The topological polar surface area (TPSA) is 59.0 Å². The summed E-state index contributed by atoms with van der Waals surface area (Å²) in [5, 5.41) is 8.94. The number of ether oxygens (including phenoxy) is 2. The Morgan fingerprint density at radius 1 is 1.55 bits per heavy atom. The number of methoxy groups -OCH3 is 1. The molecule has 1 atom stereocenters. The Morgan fingerprint density at radius 2 is 2.35 bits per heavy atom. The molecule has 1 aliphatic rings. The average molecular weight is 279 g/mol. The van der Waals surface area contributed by atoms with E-state index in [-0.39, 0.29) is 12.6 Å². The highest BCUT2D eigenvalue weighted by atomic mass is 16.5. The van der Waals surface area contributed by atoms with Crippen molar-refractivity contribution >= 4 is 5.97 Å². The highest BCUT2D eigenvalue weighted by Gasteiger charge is 2.25. The summed E-state index contributed by atoms with van der Waals surface area (Å²) in [5.41, 5.74) is 2.42. The van der Waals surface area contributed by atoms with Gasteiger partial charge in [-0.25, -0.2) is 0 Å². The van der Waals surface area contributed by atoms with Gasteiger partial charge in [0.1, 0.15) is 11.9 Å². The summed E-state index contributed by atoms with van der Waals surface area (Å²) in [6.45, 7) is 3.79. The number of carboxylic acids is 1. The molecule has 2 rings (SSSR count). The van der Waals surface area contributed by atoms with Crippen molar-refractivity contribution in [2.45, 2.75) is 19.4 Å². The molecule has 20 heavy (non-hydrogen) atoms. The van der Waals surface area contributed by atoms with E-state index in [4.69, 9.17) is 14.6 Å². The summed E-state index contributed by atoms with van der Waals surface area (Å²) < 4.78 is 10.9. The normalized spacial score (nSPS) is 17.1. The maximum absolute atomic E-state index is 10.9. The van der Waals surface area contributed by atoms with Crippen molar-refractivity contribution in [1.29, 1.82) is 0 Å². The summed E-state index contributed by atoms with van der Waals surface area (Å²) in [5.74, 6) is 0.0927. The first-order valence-corrected chi connectivity index (χ1v) is 6.77. The molecule has 1 N–H and O–H groups in total. The summed E-state index contributed by atoms with van der Waals surface area (Å²) in [4.78, 5) is 12.7. The van der Waals surface area contributed by atoms with Gasteiger partial charge in [0.05, 0.1) is 13.2 Å². The smallest absolute Gasteiger partial charge is 0.317 e. The van der Waals surface area contributed by atoms with Gasteiger partial charge in [0.15, 0.2) is 0 Å². The third-order valence-electron chi connectivity index (χ3n) is 3.39. The molecule has 5 nitrogen and oxygen atoms in total. The van der Waals surface area contributed by atoms with Crippen LogP contribution in [-0.4, -0.2) is 55.4 Å². The van der Waals surface area contributed by atoms with Gasteiger partial charge in [-0.15, -0.1) is 0 Å². The van der Waals surface area contributed by atoms with Gasteiger partial charge in [-0.05, 0) is 18.6 Å². The zero-order valence-corrected chi connectivity index (χ0v) is 12.0. The van der Waals surface area contributed by atoms with E-state index < -0.39 is 5.97 Å². The SMILES string of the molecule is COCCN(CC(=O)O)CC1Cc2cc(C)ccc2O1. The van der Waals surface area contributed by atoms with Gasteiger partial charge in [-0.2, -0.15) is 0 Å². The van der Waals surface area contributed by atoms with Crippen LogP contribution in [0.3, 0.4) is 0 Å². The summed E-state index contributed by atoms with van der Waals surface area (Å²) >= 11 is 0. The second kappa shape index (κ2) is 6.72. The predicted octanol–water partition coefficient (Wildman–Crippen LogP) is 1.33. The highest BCUT2D eigenvalue weighted by Crippen LogP contribution is 2.29. The van der Waals surface area contributed by atoms with E-state index >= 15 is 0 Å². The summed E-state index contributed by atoms with van der Waals surface area (Å²) in [7, 11) is 1.61. The van der Waals surface area contributed by atoms with Crippen LogP contribution in [0.1, 0.15) is 11.1 Å². The lowest BCUT2D eigenvalue weighted by Crippen LogP contribution is -2.40. The maximum Gasteiger partial charge on any atom is 0.317 e. The van der Waals surface area contributed by atoms with E-state index in [1.54, 1.807) is 7.11 Å². The number of nitrogens with zero attached hydrogens (tertiary/aromatic N) is 1. The van der Waals surface area contributed by atoms with Crippen LogP contribution in [0.4, 0.5) is 0 Å². The van der Waals surface area contributed by atoms with Gasteiger partial charge in [0.2, 0.25) is 0 Å². The molecule has 0 saturated heterocycles. The molecule has 110 valence electrons. The van der Waals surface area contributed by atoms with Crippen LogP contribution >= 0.6 is 0 Å². The van der Waals surface area contributed by atoms with Gasteiger partial charge >= 0.3 is 5.97 Å². The molecule has 0 aliphatic carbocycles. The summed E-state index contributed by atoms with van der Waals surface area (Å²) in [6.07, 6.45) is 0.850. The van der Waals surface area contributed by atoms with Crippen LogP contribution in [0.25, 0.3) is 0 Å². The minimum atomic E-state index is -0.826. The molecule has 0 saturated carbocycles. The number of hydrogen-bond donors (Lipinski definition) is 1. The van der Waals surface area contributed by atoms with Crippen LogP contribution in [0.2, 0.25) is 0 Å². The predicted molar refractivity (Wildman–Crippen MR) is 75.3 cm³/mol. The first-order valence-electron chi connectivity index (χ1n) is 6.77. The molecule has 0 spiro atoms. The molecule has 0 radical (unpaired) electrons. The van der Waals surface area contributed by atoms with Gasteiger partial charge < -0.3 is 14.6 Å². The van der Waals surface area contributed by atoms with Crippen molar-refractivity contribution in [2.24, 2.45) is 0 Å². The first-order chi connectivity index (χ1) is 9.58. The lowest BCUT2D eigenvalue weighted by Gasteiger charge is -2.23. The number of aryl methyl sites for hydroxylation is 1. The number of hydrogen-bond acceptors (Lipinski definition) is 4. The Balaban J connectivity index is 1.93. The van der Waals surface area contributed by atoms with Crippen molar-refractivity contribution in [3.05, 3.63) is 29.3 Å². The Bertz CT molecular complexity index is 475. The number of carbonyl (C=O) groups is 1. The molecule has 5 heteroatoms. The second-order valence-electron chi connectivity index (χ2n) is 5.18. The van der Waals surface area contributed by atoms with E-state index in [9.17, 15) is 4.79 Å². The third kappa shape index (κ3) is 3.95. The van der Waals surface area contributed by atoms with Gasteiger partial charge in [0.25, 0.3) is 0 Å². The van der Waals surface area contributed by atoms with Crippen molar-refractivity contribution in [3.63, 3.8) is 0 Å². The number of benzene rings is 1. The number of rotatable bonds is 7. The molecule has 1 aliphatic heterocycles. The van der Waals surface area contributed by atoms with E-state index in [0.717, 1.165) is 12.2 Å². The fraction of sp³-hybridized carbons (Fsp3) is 0.533. The minimum Gasteiger partial charge on any atom is -0.488 e. The number of fused-ring (bicyclic) bond motifs is 1. The molecule has 0 bridgehead atoms. The van der Waals surface area contributed by atoms with Crippen LogP contribution in [-0.2, 0) is 16.0 Å². The van der Waals surface area contributed by atoms with Crippen LogP contribution in [0, 0.1) is 6.92 Å². The molecule has 1 aromatic carbocycles. The quantitative estimate of drug-likeness (QED) is 0.816. The Labute approximate surface area is 119 Å². The molecule has 1 aromatic rings. The fourth-order valence-corrected chi connectivity index (χ4v) is 2.49. The van der Waals surface area contributed by atoms with Crippen LogP contribution in [0.15, 0.2) is 18.2 Å². The van der Waals surface area contributed by atoms with Crippen LogP contribution < -0.4 is 4.74 Å². The zero-order valence-electron chi connectivity index (χ0n) is 12.0. The molecule has 0 fully saturated rings. The van der Waals surface area contributed by atoms with Gasteiger partial charge in [-0.1, -0.05) is 17.7 Å². The van der Waals surface area contributed by atoms with Crippen molar-refractivity contribution in [1.82, 2.24) is 4.90 Å². The third-order valence-corrected chi connectivity index (χ3v) is 3.39. The lowest BCUT2D eigenvalue weighted by molar-refractivity contribution is -0.138. The summed E-state index contributed by atoms with van der Waals surface area (Å²) in [6, 6.07) is 6.15. The molecule has 1 heterocycles. The molecular formula is C15H21NO4. The lowest BCUT2D eigenvalue weighted by atomic mass is 10.1. The van der Waals surface area contributed by atoms with Crippen molar-refractivity contribution in [2.75, 3.05) is 33.4 Å². The maximum atomic E-state index is 10.9. The van der Waals surface area contributed by atoms with Crippen LogP contribution in [0.5, 0.6) is 5.75 Å². The number of carboxylic acid groups (broad SMARTS) is 1. The molecular weight excluding hydrogens is 258 g/mol. The zero-order chi connectivity index (χ0) is 14.5. The van der Waals surface area contributed by atoms with Crippen molar-refractivity contribution < 1.29 is 19.4 Å². The minimum absolute atomic E-state index is 0.0125. The Kier molecular flexibility index (Phi) is 4.98. The standard InChI is InChI=1S/C15H21NO4/c1-11-3-4-14-12(7-11)8-13(20-14)9-16(5-6-19-2)10-15(17)18/h3-4,7,13H,5-6,8-10H2,1-2H3,(H,17,18). The fourth-order valence-electron chi connectivity index (χ4n) is 2.49. The van der Waals surface area contributed by atoms with Gasteiger partial charge in [0, 0.05) is 26.6 Å². The Hall–Kier alpha value is -1.59. The second-order valence-corrected chi connectivity index (χ2v) is 5.18.